The van der Waals surface area contributed by atoms with Crippen LogP contribution in [0.2, 0.25) is 0 Å². The van der Waals surface area contributed by atoms with Gasteiger partial charge in [-0.1, -0.05) is 6.07 Å². The summed E-state index contributed by atoms with van der Waals surface area (Å²) in [6.45, 7) is 6.42. The number of piperidine rings is 1. The molecule has 0 saturated carbocycles. The molecule has 1 fully saturated rings. The van der Waals surface area contributed by atoms with Crippen LogP contribution in [0, 0.1) is 5.82 Å². The van der Waals surface area contributed by atoms with Gasteiger partial charge in [0.2, 0.25) is 0 Å². The number of para-hydroxylation sites is 1. The maximum atomic E-state index is 14.6. The number of ether oxygens (including phenoxy) is 3. The first-order chi connectivity index (χ1) is 15.0. The molecule has 0 unspecified atom stereocenters. The van der Waals surface area contributed by atoms with Crippen LogP contribution < -0.4 is 10.6 Å². The minimum absolute atomic E-state index is 0.0115. The Morgan fingerprint density at radius 3 is 2.34 bits per heavy atom. The summed E-state index contributed by atoms with van der Waals surface area (Å²) in [6.07, 6.45) is 1.77. The number of methoxy groups -OCH3 is 2. The van der Waals surface area contributed by atoms with E-state index in [9.17, 15) is 18.8 Å². The Labute approximate surface area is 186 Å². The number of nitrogens with zero attached hydrogens (tertiary/aromatic N) is 1. The standard InChI is InChI=1S/C22H30FN3O6/c1-22(2,3)32-21(29)26-11-9-14(10-12-26)24-16-8-6-7-15(23)19(16)25-17(20(28)31-5)13-18(27)30-4/h6-8,13-14,24-25H,9-12H2,1-5H3/b17-13+. The van der Waals surface area contributed by atoms with Crippen molar-refractivity contribution < 1.29 is 33.0 Å². The molecule has 0 bridgehead atoms. The molecule has 1 heterocycles. The average Bonchev–Trinajstić information content (AvgIpc) is 2.73. The van der Waals surface area contributed by atoms with E-state index in [0.29, 0.717) is 31.6 Å². The number of hydrogen-bond donors (Lipinski definition) is 2. The number of hydrogen-bond acceptors (Lipinski definition) is 8. The number of carbonyl (C=O) groups is 3. The van der Waals surface area contributed by atoms with E-state index in [1.807, 2.05) is 20.8 Å². The third-order valence-corrected chi connectivity index (χ3v) is 4.65. The van der Waals surface area contributed by atoms with Crippen molar-refractivity contribution in [2.24, 2.45) is 0 Å². The van der Waals surface area contributed by atoms with Crippen LogP contribution in [0.3, 0.4) is 0 Å². The topological polar surface area (TPSA) is 106 Å². The lowest BCUT2D eigenvalue weighted by atomic mass is 10.0. The first-order valence-electron chi connectivity index (χ1n) is 10.2. The molecule has 1 amide bonds. The fraction of sp³-hybridized carbons (Fsp3) is 0.500. The Balaban J connectivity index is 2.12. The monoisotopic (exact) mass is 451 g/mol. The second-order valence-electron chi connectivity index (χ2n) is 8.25. The molecule has 32 heavy (non-hydrogen) atoms. The second-order valence-corrected chi connectivity index (χ2v) is 8.25. The zero-order chi connectivity index (χ0) is 23.9. The van der Waals surface area contributed by atoms with Crippen LogP contribution in [0.5, 0.6) is 0 Å². The Kier molecular flexibility index (Phi) is 8.45. The molecule has 2 rings (SSSR count). The van der Waals surface area contributed by atoms with Gasteiger partial charge in [-0.3, -0.25) is 0 Å². The zero-order valence-corrected chi connectivity index (χ0v) is 19.0. The lowest BCUT2D eigenvalue weighted by Gasteiger charge is -2.34. The first-order valence-corrected chi connectivity index (χ1v) is 10.2. The van der Waals surface area contributed by atoms with Crippen LogP contribution in [-0.4, -0.2) is 61.9 Å². The number of anilines is 2. The van der Waals surface area contributed by atoms with Gasteiger partial charge in [0.25, 0.3) is 0 Å². The fourth-order valence-electron chi connectivity index (χ4n) is 3.09. The summed E-state index contributed by atoms with van der Waals surface area (Å²) >= 11 is 0. The molecule has 176 valence electrons. The van der Waals surface area contributed by atoms with Crippen molar-refractivity contribution in [1.82, 2.24) is 4.90 Å². The Morgan fingerprint density at radius 2 is 1.78 bits per heavy atom. The number of benzene rings is 1. The van der Waals surface area contributed by atoms with Crippen molar-refractivity contribution in [3.05, 3.63) is 35.8 Å². The highest BCUT2D eigenvalue weighted by Gasteiger charge is 2.27. The fourth-order valence-corrected chi connectivity index (χ4v) is 3.09. The van der Waals surface area contributed by atoms with Crippen molar-refractivity contribution >= 4 is 29.4 Å². The molecule has 1 aromatic rings. The highest BCUT2D eigenvalue weighted by molar-refractivity contribution is 5.99. The molecule has 1 aliphatic heterocycles. The zero-order valence-electron chi connectivity index (χ0n) is 19.0. The molecule has 0 radical (unpaired) electrons. The van der Waals surface area contributed by atoms with E-state index >= 15 is 0 Å². The van der Waals surface area contributed by atoms with Gasteiger partial charge >= 0.3 is 18.0 Å². The third kappa shape index (κ3) is 7.14. The number of likely N-dealkylation sites (tertiary alicyclic amines) is 1. The molecule has 9 nitrogen and oxygen atoms in total. The van der Waals surface area contributed by atoms with Crippen molar-refractivity contribution in [3.63, 3.8) is 0 Å². The average molecular weight is 451 g/mol. The van der Waals surface area contributed by atoms with Crippen LogP contribution in [-0.2, 0) is 23.8 Å². The van der Waals surface area contributed by atoms with Gasteiger partial charge in [-0.05, 0) is 45.7 Å². The molecular weight excluding hydrogens is 421 g/mol. The van der Waals surface area contributed by atoms with E-state index in [1.165, 1.54) is 12.1 Å². The Bertz CT molecular complexity index is 873. The van der Waals surface area contributed by atoms with Gasteiger partial charge in [0, 0.05) is 19.1 Å². The number of amides is 1. The summed E-state index contributed by atoms with van der Waals surface area (Å²) in [6, 6.07) is 4.37. The van der Waals surface area contributed by atoms with E-state index in [4.69, 9.17) is 4.74 Å². The van der Waals surface area contributed by atoms with Crippen LogP contribution in [0.4, 0.5) is 20.6 Å². The summed E-state index contributed by atoms with van der Waals surface area (Å²) < 4.78 is 29.2. The van der Waals surface area contributed by atoms with E-state index in [1.54, 1.807) is 11.0 Å². The van der Waals surface area contributed by atoms with E-state index < -0.39 is 23.4 Å². The van der Waals surface area contributed by atoms with Gasteiger partial charge < -0.3 is 29.7 Å². The van der Waals surface area contributed by atoms with E-state index in [0.717, 1.165) is 20.3 Å². The summed E-state index contributed by atoms with van der Waals surface area (Å²) in [7, 11) is 2.31. The normalized spacial score (nSPS) is 15.1. The largest absolute Gasteiger partial charge is 0.466 e. The van der Waals surface area contributed by atoms with Gasteiger partial charge in [0.05, 0.1) is 31.7 Å². The number of halogens is 1. The van der Waals surface area contributed by atoms with Crippen molar-refractivity contribution in [3.8, 4) is 0 Å². The van der Waals surface area contributed by atoms with Crippen molar-refractivity contribution in [1.29, 1.82) is 0 Å². The summed E-state index contributed by atoms with van der Waals surface area (Å²) in [5.74, 6) is -2.27. The lowest BCUT2D eigenvalue weighted by molar-refractivity contribution is -0.138. The van der Waals surface area contributed by atoms with Crippen LogP contribution in [0.1, 0.15) is 33.6 Å². The maximum absolute atomic E-state index is 14.6. The Hall–Kier alpha value is -3.30. The highest BCUT2D eigenvalue weighted by Crippen LogP contribution is 2.29. The molecule has 1 aliphatic rings. The SMILES string of the molecule is COC(=O)/C=C(/Nc1c(F)cccc1NC1CCN(C(=O)OC(C)(C)C)CC1)C(=O)OC. The number of rotatable bonds is 6. The van der Waals surface area contributed by atoms with Gasteiger partial charge in [0.1, 0.15) is 17.1 Å². The van der Waals surface area contributed by atoms with Crippen molar-refractivity contribution in [2.45, 2.75) is 45.3 Å². The number of esters is 2. The molecule has 1 aromatic carbocycles. The predicted octanol–water partition coefficient (Wildman–Crippen LogP) is 3.28. The Morgan fingerprint density at radius 1 is 1.12 bits per heavy atom. The molecule has 0 atom stereocenters. The predicted molar refractivity (Wildman–Crippen MR) is 117 cm³/mol. The number of nitrogens with one attached hydrogen (secondary N) is 2. The molecular formula is C22H30FN3O6. The molecule has 2 N–H and O–H groups in total. The van der Waals surface area contributed by atoms with Crippen molar-refractivity contribution in [2.75, 3.05) is 37.9 Å². The molecule has 0 aromatic heterocycles. The minimum atomic E-state index is -0.852. The van der Waals surface area contributed by atoms with Gasteiger partial charge in [-0.15, -0.1) is 0 Å². The maximum Gasteiger partial charge on any atom is 0.410 e. The molecule has 0 spiro atoms. The second kappa shape index (κ2) is 10.8. The molecule has 10 heteroatoms. The quantitative estimate of drug-likeness (QED) is 0.386. The summed E-state index contributed by atoms with van der Waals surface area (Å²) in [4.78, 5) is 37.5. The van der Waals surface area contributed by atoms with Crippen LogP contribution in [0.25, 0.3) is 0 Å². The van der Waals surface area contributed by atoms with Gasteiger partial charge in [-0.25, -0.2) is 18.8 Å². The lowest BCUT2D eigenvalue weighted by Crippen LogP contribution is -2.44. The van der Waals surface area contributed by atoms with Crippen LogP contribution >= 0.6 is 0 Å². The third-order valence-electron chi connectivity index (χ3n) is 4.65. The summed E-state index contributed by atoms with van der Waals surface area (Å²) in [5.41, 5.74) is -0.445. The first kappa shape index (κ1) is 25.0. The molecule has 0 aliphatic carbocycles. The van der Waals surface area contributed by atoms with Gasteiger partial charge in [0.15, 0.2) is 0 Å². The smallest absolute Gasteiger partial charge is 0.410 e. The minimum Gasteiger partial charge on any atom is -0.466 e. The summed E-state index contributed by atoms with van der Waals surface area (Å²) in [5, 5.41) is 5.89. The van der Waals surface area contributed by atoms with Crippen LogP contribution in [0.15, 0.2) is 30.0 Å². The molecule has 1 saturated heterocycles. The highest BCUT2D eigenvalue weighted by atomic mass is 19.1. The van der Waals surface area contributed by atoms with Gasteiger partial charge in [-0.2, -0.15) is 0 Å². The van der Waals surface area contributed by atoms with E-state index in [-0.39, 0.29) is 23.5 Å². The number of carbonyl (C=O) groups excluding carboxylic acids is 3. The van der Waals surface area contributed by atoms with E-state index in [2.05, 4.69) is 20.1 Å².